The minimum atomic E-state index is -0.719. The van der Waals surface area contributed by atoms with Crippen LogP contribution >= 0.6 is 11.6 Å². The Morgan fingerprint density at radius 3 is 2.56 bits per heavy atom. The third-order valence-corrected chi connectivity index (χ3v) is 5.33. The lowest BCUT2D eigenvalue weighted by Gasteiger charge is -2.30. The molecule has 1 aliphatic rings. The fraction of sp³-hybridized carbons (Fsp3) is 0.300. The second-order valence-corrected chi connectivity index (χ2v) is 7.31. The van der Waals surface area contributed by atoms with Crippen molar-refractivity contribution in [3.8, 4) is 11.3 Å². The number of carboxylic acids is 1. The summed E-state index contributed by atoms with van der Waals surface area (Å²) in [5.41, 5.74) is 3.37. The van der Waals surface area contributed by atoms with Crippen LogP contribution in [0.4, 0.5) is 4.39 Å². The molecule has 0 amide bonds. The molecule has 3 aromatic rings. The number of carboxylic acid groups (broad SMARTS) is 1. The van der Waals surface area contributed by atoms with Crippen molar-refractivity contribution in [3.05, 3.63) is 59.1 Å². The molecule has 1 N–H and O–H groups in total. The quantitative estimate of drug-likeness (QED) is 0.732. The van der Waals surface area contributed by atoms with Gasteiger partial charge in [-0.3, -0.25) is 9.69 Å². The zero-order valence-electron chi connectivity index (χ0n) is 14.6. The van der Waals surface area contributed by atoms with Gasteiger partial charge < -0.3 is 9.51 Å². The Balaban J connectivity index is 1.69. The third-order valence-electron chi connectivity index (χ3n) is 5.11. The van der Waals surface area contributed by atoms with Gasteiger partial charge in [0.2, 0.25) is 0 Å². The van der Waals surface area contributed by atoms with E-state index in [1.165, 1.54) is 12.1 Å². The molecule has 2 aromatic heterocycles. The molecular formula is C20H19ClFN3O2. The Morgan fingerprint density at radius 2 is 1.89 bits per heavy atom. The van der Waals surface area contributed by atoms with Crippen LogP contribution < -0.4 is 0 Å². The molecule has 140 valence electrons. The monoisotopic (exact) mass is 387 g/mol. The predicted molar refractivity (Wildman–Crippen MR) is 101 cm³/mol. The minimum absolute atomic E-state index is 0.269. The van der Waals surface area contributed by atoms with Crippen LogP contribution in [0.2, 0.25) is 5.02 Å². The normalized spacial score (nSPS) is 16.1. The maximum atomic E-state index is 13.3. The Kier molecular flexibility index (Phi) is 4.85. The van der Waals surface area contributed by atoms with Crippen molar-refractivity contribution in [1.29, 1.82) is 0 Å². The van der Waals surface area contributed by atoms with Crippen LogP contribution in [0.15, 0.2) is 42.6 Å². The predicted octanol–water partition coefficient (Wildman–Crippen LogP) is 4.09. The molecule has 27 heavy (non-hydrogen) atoms. The fourth-order valence-corrected chi connectivity index (χ4v) is 3.77. The summed E-state index contributed by atoms with van der Waals surface area (Å²) in [7, 11) is 0. The Bertz CT molecular complexity index is 979. The molecule has 0 spiro atoms. The van der Waals surface area contributed by atoms with Gasteiger partial charge >= 0.3 is 5.97 Å². The number of aliphatic carboxylic acids is 1. The van der Waals surface area contributed by atoms with E-state index in [1.54, 1.807) is 18.2 Å². The molecule has 1 aliphatic heterocycles. The van der Waals surface area contributed by atoms with Crippen LogP contribution in [0.5, 0.6) is 0 Å². The van der Waals surface area contributed by atoms with Crippen molar-refractivity contribution >= 4 is 23.2 Å². The van der Waals surface area contributed by atoms with Gasteiger partial charge in [-0.15, -0.1) is 0 Å². The molecule has 0 unspecified atom stereocenters. The summed E-state index contributed by atoms with van der Waals surface area (Å²) in [6.07, 6.45) is 3.10. The van der Waals surface area contributed by atoms with Crippen molar-refractivity contribution in [2.24, 2.45) is 5.92 Å². The molecule has 0 aliphatic carbocycles. The van der Waals surface area contributed by atoms with Crippen molar-refractivity contribution in [2.45, 2.75) is 19.4 Å². The van der Waals surface area contributed by atoms with Crippen molar-refractivity contribution in [2.75, 3.05) is 13.1 Å². The number of hydrogen-bond donors (Lipinski definition) is 1. The topological polar surface area (TPSA) is 57.8 Å². The average Bonchev–Trinajstić information content (AvgIpc) is 3.00. The maximum Gasteiger partial charge on any atom is 0.306 e. The van der Waals surface area contributed by atoms with E-state index in [4.69, 9.17) is 16.6 Å². The van der Waals surface area contributed by atoms with Crippen LogP contribution in [-0.4, -0.2) is 38.4 Å². The summed E-state index contributed by atoms with van der Waals surface area (Å²) >= 11 is 6.19. The first-order valence-corrected chi connectivity index (χ1v) is 9.26. The second kappa shape index (κ2) is 7.29. The molecule has 1 fully saturated rings. The van der Waals surface area contributed by atoms with Crippen molar-refractivity contribution < 1.29 is 14.3 Å². The van der Waals surface area contributed by atoms with Crippen LogP contribution in [0.3, 0.4) is 0 Å². The van der Waals surface area contributed by atoms with Gasteiger partial charge in [-0.1, -0.05) is 11.6 Å². The standard InChI is InChI=1S/C20H19ClFN3O2/c21-15-3-6-18-23-19(13-1-4-16(22)5-2-13)17(25(18)11-15)12-24-9-7-14(8-10-24)20(26)27/h1-6,11,14H,7-10,12H2,(H,26,27). The number of aromatic nitrogens is 2. The number of piperidine rings is 1. The smallest absolute Gasteiger partial charge is 0.306 e. The summed E-state index contributed by atoms with van der Waals surface area (Å²) < 4.78 is 15.3. The molecule has 0 radical (unpaired) electrons. The molecule has 1 aromatic carbocycles. The number of benzene rings is 1. The third kappa shape index (κ3) is 3.68. The molecule has 0 bridgehead atoms. The first-order chi connectivity index (χ1) is 13.0. The zero-order chi connectivity index (χ0) is 19.0. The number of rotatable bonds is 4. The highest BCUT2D eigenvalue weighted by atomic mass is 35.5. The second-order valence-electron chi connectivity index (χ2n) is 6.88. The summed E-state index contributed by atoms with van der Waals surface area (Å²) in [5, 5.41) is 9.80. The van der Waals surface area contributed by atoms with Gasteiger partial charge in [-0.2, -0.15) is 0 Å². The molecule has 3 heterocycles. The number of pyridine rings is 1. The van der Waals surface area contributed by atoms with Crippen LogP contribution in [0.1, 0.15) is 18.5 Å². The van der Waals surface area contributed by atoms with E-state index < -0.39 is 5.97 Å². The van der Waals surface area contributed by atoms with Gasteiger partial charge in [0.1, 0.15) is 11.5 Å². The lowest BCUT2D eigenvalue weighted by molar-refractivity contribution is -0.143. The largest absolute Gasteiger partial charge is 0.481 e. The van der Waals surface area contributed by atoms with E-state index in [0.29, 0.717) is 37.5 Å². The van der Waals surface area contributed by atoms with E-state index >= 15 is 0 Å². The zero-order valence-corrected chi connectivity index (χ0v) is 15.4. The van der Waals surface area contributed by atoms with Gasteiger partial charge in [0, 0.05) is 18.3 Å². The summed E-state index contributed by atoms with van der Waals surface area (Å²) in [6, 6.07) is 9.94. The van der Waals surface area contributed by atoms with E-state index in [1.807, 2.05) is 16.7 Å². The van der Waals surface area contributed by atoms with Crippen molar-refractivity contribution in [3.63, 3.8) is 0 Å². The first kappa shape index (κ1) is 17.9. The number of halogens is 2. The number of fused-ring (bicyclic) bond motifs is 1. The number of nitrogens with zero attached hydrogens (tertiary/aromatic N) is 3. The van der Waals surface area contributed by atoms with Crippen molar-refractivity contribution in [1.82, 2.24) is 14.3 Å². The Labute approximate surface area is 161 Å². The average molecular weight is 388 g/mol. The number of carbonyl (C=O) groups is 1. The lowest BCUT2D eigenvalue weighted by Crippen LogP contribution is -2.36. The SMILES string of the molecule is O=C(O)C1CCN(Cc2c(-c3ccc(F)cc3)nc3ccc(Cl)cn23)CC1. The summed E-state index contributed by atoms with van der Waals surface area (Å²) in [5.74, 6) is -1.28. The molecule has 4 rings (SSSR count). The molecule has 0 atom stereocenters. The van der Waals surface area contributed by atoms with Crippen LogP contribution in [0, 0.1) is 11.7 Å². The number of hydrogen-bond acceptors (Lipinski definition) is 3. The van der Waals surface area contributed by atoms with Gasteiger partial charge in [0.05, 0.1) is 22.3 Å². The highest BCUT2D eigenvalue weighted by molar-refractivity contribution is 6.30. The molecule has 1 saturated heterocycles. The Hall–Kier alpha value is -2.44. The fourth-order valence-electron chi connectivity index (χ4n) is 3.61. The minimum Gasteiger partial charge on any atom is -0.481 e. The van der Waals surface area contributed by atoms with Gasteiger partial charge in [-0.05, 0) is 62.3 Å². The molecule has 0 saturated carbocycles. The number of likely N-dealkylation sites (tertiary alicyclic amines) is 1. The summed E-state index contributed by atoms with van der Waals surface area (Å²) in [6.45, 7) is 2.06. The van der Waals surface area contributed by atoms with E-state index in [0.717, 1.165) is 22.6 Å². The molecular weight excluding hydrogens is 369 g/mol. The first-order valence-electron chi connectivity index (χ1n) is 8.89. The van der Waals surface area contributed by atoms with E-state index in [9.17, 15) is 14.3 Å². The molecule has 7 heteroatoms. The summed E-state index contributed by atoms with van der Waals surface area (Å²) in [4.78, 5) is 18.1. The Morgan fingerprint density at radius 1 is 1.19 bits per heavy atom. The van der Waals surface area contributed by atoms with Crippen LogP contribution in [0.25, 0.3) is 16.9 Å². The van der Waals surface area contributed by atoms with Gasteiger partial charge in [-0.25, -0.2) is 9.37 Å². The highest BCUT2D eigenvalue weighted by Gasteiger charge is 2.26. The number of imidazole rings is 1. The van der Waals surface area contributed by atoms with Gasteiger partial charge in [0.15, 0.2) is 0 Å². The van der Waals surface area contributed by atoms with Gasteiger partial charge in [0.25, 0.3) is 0 Å². The maximum absolute atomic E-state index is 13.3. The lowest BCUT2D eigenvalue weighted by atomic mass is 9.97. The highest BCUT2D eigenvalue weighted by Crippen LogP contribution is 2.28. The van der Waals surface area contributed by atoms with Crippen LogP contribution in [-0.2, 0) is 11.3 Å². The van der Waals surface area contributed by atoms with E-state index in [-0.39, 0.29) is 11.7 Å². The molecule has 5 nitrogen and oxygen atoms in total. The van der Waals surface area contributed by atoms with E-state index in [2.05, 4.69) is 4.90 Å².